The molecule has 0 atom stereocenters. The maximum absolute atomic E-state index is 11.9. The van der Waals surface area contributed by atoms with Crippen LogP contribution in [-0.2, 0) is 6.42 Å². The topological polar surface area (TPSA) is 50.2 Å². The van der Waals surface area contributed by atoms with E-state index in [1.54, 1.807) is 11.3 Å². The molecule has 0 aliphatic heterocycles. The van der Waals surface area contributed by atoms with E-state index in [9.17, 15) is 9.90 Å². The van der Waals surface area contributed by atoms with Gasteiger partial charge in [-0.15, -0.1) is 0 Å². The van der Waals surface area contributed by atoms with Gasteiger partial charge in [0.15, 0.2) is 0 Å². The summed E-state index contributed by atoms with van der Waals surface area (Å²) in [4.78, 5) is 16.7. The number of carbonyl (C=O) groups is 1. The van der Waals surface area contributed by atoms with Crippen molar-refractivity contribution >= 4 is 39.9 Å². The van der Waals surface area contributed by atoms with E-state index in [1.807, 2.05) is 29.6 Å². The van der Waals surface area contributed by atoms with Gasteiger partial charge >= 0.3 is 5.97 Å². The van der Waals surface area contributed by atoms with Crippen molar-refractivity contribution in [1.29, 1.82) is 0 Å². The maximum Gasteiger partial charge on any atom is 0.336 e. The van der Waals surface area contributed by atoms with Crippen LogP contribution in [0.3, 0.4) is 0 Å². The molecule has 0 saturated carbocycles. The fourth-order valence-corrected chi connectivity index (χ4v) is 3.90. The van der Waals surface area contributed by atoms with E-state index < -0.39 is 5.97 Å². The van der Waals surface area contributed by atoms with Gasteiger partial charge in [-0.05, 0) is 64.9 Å². The van der Waals surface area contributed by atoms with Crippen LogP contribution in [0.2, 0.25) is 0 Å². The van der Waals surface area contributed by atoms with Crippen molar-refractivity contribution in [3.63, 3.8) is 0 Å². The molecule has 0 unspecified atom stereocenters. The van der Waals surface area contributed by atoms with Crippen LogP contribution in [0.4, 0.5) is 0 Å². The van der Waals surface area contributed by atoms with Crippen molar-refractivity contribution < 1.29 is 9.90 Å². The van der Waals surface area contributed by atoms with Crippen LogP contribution < -0.4 is 0 Å². The number of fused-ring (bicyclic) bond motifs is 2. The fraction of sp³-hybridized carbons (Fsp3) is 0.158. The lowest BCUT2D eigenvalue weighted by Crippen LogP contribution is -2.13. The molecule has 0 spiro atoms. The SMILES string of the molecule is O=C(O)c1c2c(nc3ccccc13)/C(=C/c1ccsc1)CCC2. The molecule has 0 radical (unpaired) electrons. The number of benzene rings is 1. The predicted molar refractivity (Wildman–Crippen MR) is 93.8 cm³/mol. The Labute approximate surface area is 137 Å². The highest BCUT2D eigenvalue weighted by Crippen LogP contribution is 2.36. The molecular weight excluding hydrogens is 306 g/mol. The number of carboxylic acid groups (broad SMARTS) is 1. The molecule has 4 rings (SSSR count). The first-order chi connectivity index (χ1) is 11.2. The van der Waals surface area contributed by atoms with Crippen molar-refractivity contribution in [3.8, 4) is 0 Å². The van der Waals surface area contributed by atoms with Crippen LogP contribution in [0.15, 0.2) is 41.1 Å². The number of nitrogens with zero attached hydrogens (tertiary/aromatic N) is 1. The third-order valence-corrected chi connectivity index (χ3v) is 4.97. The van der Waals surface area contributed by atoms with Gasteiger partial charge in [0.25, 0.3) is 0 Å². The molecule has 1 N–H and O–H groups in total. The molecule has 3 aromatic rings. The minimum atomic E-state index is -0.864. The molecule has 0 bridgehead atoms. The lowest BCUT2D eigenvalue weighted by Gasteiger charge is -2.21. The Bertz CT molecular complexity index is 926. The summed E-state index contributed by atoms with van der Waals surface area (Å²) in [6, 6.07) is 9.58. The summed E-state index contributed by atoms with van der Waals surface area (Å²) >= 11 is 1.66. The monoisotopic (exact) mass is 321 g/mol. The Kier molecular flexibility index (Phi) is 3.46. The molecule has 4 heteroatoms. The van der Waals surface area contributed by atoms with Crippen molar-refractivity contribution in [2.24, 2.45) is 0 Å². The zero-order valence-electron chi connectivity index (χ0n) is 12.5. The van der Waals surface area contributed by atoms with Crippen LogP contribution in [0.5, 0.6) is 0 Å². The molecular formula is C19H15NO2S. The second kappa shape index (κ2) is 5.63. The first kappa shape index (κ1) is 14.2. The number of allylic oxidation sites excluding steroid dienone is 1. The van der Waals surface area contributed by atoms with Gasteiger partial charge in [0.05, 0.1) is 16.8 Å². The summed E-state index contributed by atoms with van der Waals surface area (Å²) < 4.78 is 0. The van der Waals surface area contributed by atoms with Crippen LogP contribution in [-0.4, -0.2) is 16.1 Å². The Balaban J connectivity index is 2.01. The number of para-hydroxylation sites is 1. The van der Waals surface area contributed by atoms with Crippen LogP contribution in [0.1, 0.15) is 40.0 Å². The molecule has 0 fully saturated rings. The van der Waals surface area contributed by atoms with Crippen molar-refractivity contribution in [3.05, 3.63) is 63.5 Å². The summed E-state index contributed by atoms with van der Waals surface area (Å²) in [7, 11) is 0. The molecule has 0 amide bonds. The van der Waals surface area contributed by atoms with E-state index in [0.29, 0.717) is 5.56 Å². The normalized spacial score (nSPS) is 15.7. The number of hydrogen-bond acceptors (Lipinski definition) is 3. The first-order valence-corrected chi connectivity index (χ1v) is 8.56. The highest BCUT2D eigenvalue weighted by molar-refractivity contribution is 7.08. The van der Waals surface area contributed by atoms with Gasteiger partial charge in [-0.2, -0.15) is 11.3 Å². The lowest BCUT2D eigenvalue weighted by molar-refractivity contribution is 0.0697. The Morgan fingerprint density at radius 1 is 1.22 bits per heavy atom. The van der Waals surface area contributed by atoms with E-state index in [0.717, 1.165) is 52.6 Å². The molecule has 1 aliphatic carbocycles. The third-order valence-electron chi connectivity index (χ3n) is 4.27. The van der Waals surface area contributed by atoms with Gasteiger partial charge in [0.2, 0.25) is 0 Å². The minimum absolute atomic E-state index is 0.418. The number of carboxylic acids is 1. The van der Waals surface area contributed by atoms with Gasteiger partial charge in [-0.3, -0.25) is 0 Å². The average Bonchev–Trinajstić information content (AvgIpc) is 3.06. The smallest absolute Gasteiger partial charge is 0.336 e. The molecule has 1 aliphatic rings. The quantitative estimate of drug-likeness (QED) is 0.732. The summed E-state index contributed by atoms with van der Waals surface area (Å²) in [5.74, 6) is -0.864. The molecule has 3 nitrogen and oxygen atoms in total. The Morgan fingerprint density at radius 3 is 2.87 bits per heavy atom. The van der Waals surface area contributed by atoms with E-state index in [2.05, 4.69) is 17.5 Å². The number of hydrogen-bond donors (Lipinski definition) is 1. The summed E-state index contributed by atoms with van der Waals surface area (Å²) in [6.45, 7) is 0. The molecule has 2 aromatic heterocycles. The minimum Gasteiger partial charge on any atom is -0.478 e. The van der Waals surface area contributed by atoms with Gasteiger partial charge in [0, 0.05) is 5.39 Å². The standard InChI is InChI=1S/C19H15NO2S/c21-19(22)17-14-5-1-2-7-16(14)20-18-13(4-3-6-15(17)18)10-12-8-9-23-11-12/h1-2,5,7-11H,3-4,6H2,(H,21,22)/b13-10+. The zero-order chi connectivity index (χ0) is 15.8. The maximum atomic E-state index is 11.9. The first-order valence-electron chi connectivity index (χ1n) is 7.62. The van der Waals surface area contributed by atoms with Gasteiger partial charge in [-0.25, -0.2) is 9.78 Å². The highest BCUT2D eigenvalue weighted by atomic mass is 32.1. The second-order valence-electron chi connectivity index (χ2n) is 5.72. The molecule has 114 valence electrons. The number of rotatable bonds is 2. The van der Waals surface area contributed by atoms with E-state index >= 15 is 0 Å². The van der Waals surface area contributed by atoms with Crippen molar-refractivity contribution in [1.82, 2.24) is 4.98 Å². The third kappa shape index (κ3) is 2.45. The molecule has 0 saturated heterocycles. The van der Waals surface area contributed by atoms with Crippen LogP contribution >= 0.6 is 11.3 Å². The fourth-order valence-electron chi connectivity index (χ4n) is 3.28. The van der Waals surface area contributed by atoms with Gasteiger partial charge in [-0.1, -0.05) is 18.2 Å². The van der Waals surface area contributed by atoms with Crippen LogP contribution in [0.25, 0.3) is 22.6 Å². The van der Waals surface area contributed by atoms with E-state index in [4.69, 9.17) is 4.98 Å². The number of thiophene rings is 1. The van der Waals surface area contributed by atoms with Gasteiger partial charge in [0.1, 0.15) is 0 Å². The summed E-state index contributed by atoms with van der Waals surface area (Å²) in [6.07, 6.45) is 4.81. The number of aromatic nitrogens is 1. The lowest BCUT2D eigenvalue weighted by atomic mass is 9.86. The largest absolute Gasteiger partial charge is 0.478 e. The van der Waals surface area contributed by atoms with Crippen molar-refractivity contribution in [2.75, 3.05) is 0 Å². The Morgan fingerprint density at radius 2 is 2.09 bits per heavy atom. The summed E-state index contributed by atoms with van der Waals surface area (Å²) in [5, 5.41) is 14.6. The number of pyridine rings is 1. The molecule has 1 aromatic carbocycles. The van der Waals surface area contributed by atoms with Crippen molar-refractivity contribution in [2.45, 2.75) is 19.3 Å². The predicted octanol–water partition coefficient (Wildman–Crippen LogP) is 4.87. The zero-order valence-corrected chi connectivity index (χ0v) is 13.3. The van der Waals surface area contributed by atoms with Crippen LogP contribution in [0, 0.1) is 0 Å². The molecule has 23 heavy (non-hydrogen) atoms. The van der Waals surface area contributed by atoms with E-state index in [1.165, 1.54) is 0 Å². The number of aromatic carboxylic acids is 1. The van der Waals surface area contributed by atoms with E-state index in [-0.39, 0.29) is 0 Å². The highest BCUT2D eigenvalue weighted by Gasteiger charge is 2.24. The summed E-state index contributed by atoms with van der Waals surface area (Å²) in [5.41, 5.74) is 5.20. The second-order valence-corrected chi connectivity index (χ2v) is 6.50. The Hall–Kier alpha value is -2.46. The van der Waals surface area contributed by atoms with Gasteiger partial charge < -0.3 is 5.11 Å². The molecule has 2 heterocycles. The average molecular weight is 321 g/mol.